The number of rotatable bonds is 3. The van der Waals surface area contributed by atoms with E-state index in [1.807, 2.05) is 0 Å². The van der Waals surface area contributed by atoms with E-state index in [2.05, 4.69) is 37.7 Å². The van der Waals surface area contributed by atoms with Crippen molar-refractivity contribution in [1.29, 1.82) is 0 Å². The quantitative estimate of drug-likeness (QED) is 0.930. The van der Waals surface area contributed by atoms with Crippen molar-refractivity contribution in [1.82, 2.24) is 9.97 Å². The number of nitrogens with zero attached hydrogens (tertiary/aromatic N) is 3. The van der Waals surface area contributed by atoms with Gasteiger partial charge in [0.1, 0.15) is 0 Å². The van der Waals surface area contributed by atoms with Gasteiger partial charge in [-0.05, 0) is 35.2 Å². The summed E-state index contributed by atoms with van der Waals surface area (Å²) >= 11 is 3.34. The third kappa shape index (κ3) is 2.77. The molecule has 0 radical (unpaired) electrons. The van der Waals surface area contributed by atoms with Crippen LogP contribution < -0.4 is 4.90 Å². The van der Waals surface area contributed by atoms with Gasteiger partial charge >= 0.3 is 0 Å². The lowest BCUT2D eigenvalue weighted by Crippen LogP contribution is -2.45. The Kier molecular flexibility index (Phi) is 3.99. The van der Waals surface area contributed by atoms with Crippen LogP contribution in [0.5, 0.6) is 0 Å². The van der Waals surface area contributed by atoms with Crippen LogP contribution in [0.1, 0.15) is 26.2 Å². The molecule has 0 spiro atoms. The summed E-state index contributed by atoms with van der Waals surface area (Å²) in [6, 6.07) is 0. The summed E-state index contributed by atoms with van der Waals surface area (Å²) < 4.78 is 0.891. The molecule has 1 aromatic rings. The predicted octanol–water partition coefficient (Wildman–Crippen LogP) is 2.23. The molecule has 1 aliphatic rings. The van der Waals surface area contributed by atoms with Crippen molar-refractivity contribution in [2.75, 3.05) is 24.6 Å². The first-order chi connectivity index (χ1) is 8.19. The molecule has 0 bridgehead atoms. The largest absolute Gasteiger partial charge is 0.396 e. The summed E-state index contributed by atoms with van der Waals surface area (Å²) in [6.45, 7) is 4.21. The van der Waals surface area contributed by atoms with Crippen LogP contribution in [0.2, 0.25) is 0 Å². The zero-order chi connectivity index (χ0) is 12.3. The Morgan fingerprint density at radius 3 is 2.76 bits per heavy atom. The Hall–Kier alpha value is -0.680. The summed E-state index contributed by atoms with van der Waals surface area (Å²) in [5, 5.41) is 9.58. The Labute approximate surface area is 110 Å². The fourth-order valence-corrected chi connectivity index (χ4v) is 2.58. The molecule has 1 N–H and O–H groups in total. The Morgan fingerprint density at radius 2 is 2.18 bits per heavy atom. The van der Waals surface area contributed by atoms with E-state index in [1.165, 1.54) is 0 Å². The molecule has 1 fully saturated rings. The number of anilines is 1. The Bertz CT molecular complexity index is 365. The molecule has 4 nitrogen and oxygen atoms in total. The number of aliphatic hydroxyl groups is 1. The summed E-state index contributed by atoms with van der Waals surface area (Å²) in [4.78, 5) is 10.8. The number of hydrogen-bond acceptors (Lipinski definition) is 4. The maximum absolute atomic E-state index is 9.58. The number of aromatic nitrogens is 2. The van der Waals surface area contributed by atoms with Gasteiger partial charge in [-0.25, -0.2) is 9.97 Å². The van der Waals surface area contributed by atoms with E-state index in [0.717, 1.165) is 42.8 Å². The van der Waals surface area contributed by atoms with Gasteiger partial charge < -0.3 is 10.0 Å². The van der Waals surface area contributed by atoms with Crippen molar-refractivity contribution >= 4 is 21.9 Å². The van der Waals surface area contributed by atoms with E-state index in [4.69, 9.17) is 0 Å². The lowest BCUT2D eigenvalue weighted by atomic mass is 9.78. The van der Waals surface area contributed by atoms with Crippen molar-refractivity contribution in [2.45, 2.75) is 26.2 Å². The molecule has 5 heteroatoms. The molecule has 94 valence electrons. The second kappa shape index (κ2) is 5.31. The van der Waals surface area contributed by atoms with Crippen LogP contribution in [-0.2, 0) is 0 Å². The minimum Gasteiger partial charge on any atom is -0.396 e. The van der Waals surface area contributed by atoms with E-state index in [9.17, 15) is 5.11 Å². The molecule has 0 amide bonds. The predicted molar refractivity (Wildman–Crippen MR) is 71.0 cm³/mol. The van der Waals surface area contributed by atoms with E-state index >= 15 is 0 Å². The van der Waals surface area contributed by atoms with E-state index in [-0.39, 0.29) is 12.0 Å². The van der Waals surface area contributed by atoms with E-state index in [1.54, 1.807) is 12.4 Å². The average molecular weight is 300 g/mol. The molecule has 1 atom stereocenters. The van der Waals surface area contributed by atoms with Crippen LogP contribution >= 0.6 is 15.9 Å². The Balaban J connectivity index is 2.14. The van der Waals surface area contributed by atoms with Crippen molar-refractivity contribution < 1.29 is 5.11 Å². The van der Waals surface area contributed by atoms with Crippen LogP contribution in [0.25, 0.3) is 0 Å². The van der Waals surface area contributed by atoms with Crippen molar-refractivity contribution in [2.24, 2.45) is 5.41 Å². The number of hydrogen-bond donors (Lipinski definition) is 1. The number of aliphatic hydroxyl groups excluding tert-OH is 1. The highest BCUT2D eigenvalue weighted by atomic mass is 79.9. The van der Waals surface area contributed by atoms with Crippen LogP contribution in [0.4, 0.5) is 5.95 Å². The molecular formula is C12H18BrN3O. The molecular weight excluding hydrogens is 282 g/mol. The first-order valence-corrected chi connectivity index (χ1v) is 6.82. The highest BCUT2D eigenvalue weighted by Gasteiger charge is 2.34. The summed E-state index contributed by atoms with van der Waals surface area (Å²) in [6.07, 6.45) is 6.71. The normalized spacial score (nSPS) is 25.0. The molecule has 1 unspecified atom stereocenters. The fraction of sp³-hybridized carbons (Fsp3) is 0.667. The maximum atomic E-state index is 9.58. The van der Waals surface area contributed by atoms with Crippen LogP contribution in [0.3, 0.4) is 0 Å². The summed E-state index contributed by atoms with van der Waals surface area (Å²) in [5.41, 5.74) is 0.0225. The summed E-state index contributed by atoms with van der Waals surface area (Å²) in [7, 11) is 0. The van der Waals surface area contributed by atoms with Gasteiger partial charge in [-0.2, -0.15) is 0 Å². The highest BCUT2D eigenvalue weighted by Crippen LogP contribution is 2.33. The molecule has 0 aromatic carbocycles. The maximum Gasteiger partial charge on any atom is 0.225 e. The van der Waals surface area contributed by atoms with Gasteiger partial charge in [-0.1, -0.05) is 6.92 Å². The first-order valence-electron chi connectivity index (χ1n) is 6.02. The SMILES string of the molecule is CCC1(CO)CCCN(c2ncc(Br)cn2)C1. The minimum atomic E-state index is 0.0225. The third-order valence-corrected chi connectivity index (χ3v) is 4.05. The highest BCUT2D eigenvalue weighted by molar-refractivity contribution is 9.10. The van der Waals surface area contributed by atoms with Crippen LogP contribution in [-0.4, -0.2) is 34.8 Å². The molecule has 1 saturated heterocycles. The van der Waals surface area contributed by atoms with Gasteiger partial charge in [0.25, 0.3) is 0 Å². The second-order valence-corrected chi connectivity index (χ2v) is 5.65. The van der Waals surface area contributed by atoms with E-state index in [0.29, 0.717) is 0 Å². The summed E-state index contributed by atoms with van der Waals surface area (Å²) in [5.74, 6) is 0.763. The van der Waals surface area contributed by atoms with Crippen molar-refractivity contribution in [3.63, 3.8) is 0 Å². The molecule has 1 aromatic heterocycles. The number of halogens is 1. The third-order valence-electron chi connectivity index (χ3n) is 3.64. The zero-order valence-electron chi connectivity index (χ0n) is 10.1. The molecule has 0 aliphatic carbocycles. The van der Waals surface area contributed by atoms with E-state index < -0.39 is 0 Å². The second-order valence-electron chi connectivity index (χ2n) is 4.74. The smallest absolute Gasteiger partial charge is 0.225 e. The molecule has 2 rings (SSSR count). The molecule has 2 heterocycles. The first kappa shape index (κ1) is 12.8. The molecule has 0 saturated carbocycles. The zero-order valence-corrected chi connectivity index (χ0v) is 11.7. The molecule has 1 aliphatic heterocycles. The standard InChI is InChI=1S/C12H18BrN3O/c1-2-12(9-17)4-3-5-16(8-12)11-14-6-10(13)7-15-11/h6-7,17H,2-5,8-9H2,1H3. The Morgan fingerprint density at radius 1 is 1.47 bits per heavy atom. The van der Waals surface area contributed by atoms with Gasteiger partial charge in [-0.15, -0.1) is 0 Å². The van der Waals surface area contributed by atoms with Gasteiger partial charge in [0, 0.05) is 30.9 Å². The minimum absolute atomic E-state index is 0.0225. The average Bonchev–Trinajstić information content (AvgIpc) is 2.39. The van der Waals surface area contributed by atoms with Gasteiger partial charge in [0.05, 0.1) is 11.1 Å². The monoisotopic (exact) mass is 299 g/mol. The molecule has 17 heavy (non-hydrogen) atoms. The number of piperidine rings is 1. The van der Waals surface area contributed by atoms with Crippen molar-refractivity contribution in [3.8, 4) is 0 Å². The van der Waals surface area contributed by atoms with Gasteiger partial charge in [0.15, 0.2) is 0 Å². The van der Waals surface area contributed by atoms with Gasteiger partial charge in [-0.3, -0.25) is 0 Å². The van der Waals surface area contributed by atoms with Gasteiger partial charge in [0.2, 0.25) is 5.95 Å². The lowest BCUT2D eigenvalue weighted by molar-refractivity contribution is 0.101. The fourth-order valence-electron chi connectivity index (χ4n) is 2.38. The van der Waals surface area contributed by atoms with Crippen LogP contribution in [0, 0.1) is 5.41 Å². The topological polar surface area (TPSA) is 49.2 Å². The van der Waals surface area contributed by atoms with Crippen LogP contribution in [0.15, 0.2) is 16.9 Å². The lowest BCUT2D eigenvalue weighted by Gasteiger charge is -2.41. The van der Waals surface area contributed by atoms with Crippen molar-refractivity contribution in [3.05, 3.63) is 16.9 Å².